The lowest BCUT2D eigenvalue weighted by Crippen LogP contribution is -2.14. The van der Waals surface area contributed by atoms with Crippen molar-refractivity contribution in [3.8, 4) is 0 Å². The number of halogens is 3. The fourth-order valence-electron chi connectivity index (χ4n) is 1.72. The Kier molecular flexibility index (Phi) is 5.73. The summed E-state index contributed by atoms with van der Waals surface area (Å²) in [6.07, 6.45) is -0.352. The number of rotatable bonds is 5. The monoisotopic (exact) mass is 330 g/mol. The highest BCUT2D eigenvalue weighted by atomic mass is 35.5. The summed E-state index contributed by atoms with van der Waals surface area (Å²) in [5.41, 5.74) is 0.471. The second-order valence-electron chi connectivity index (χ2n) is 4.36. The fraction of sp³-hybridized carbons (Fsp3) is 0.200. The van der Waals surface area contributed by atoms with Gasteiger partial charge in [-0.15, -0.1) is 11.8 Å². The molecule has 2 rings (SSSR count). The number of thioether (sulfide) groups is 1. The molecule has 5 heteroatoms. The maximum Gasteiger partial charge on any atom is 0.127 e. The molecule has 1 unspecified atom stereocenters. The quantitative estimate of drug-likeness (QED) is 0.792. The normalized spacial score (nSPS) is 12.4. The highest BCUT2D eigenvalue weighted by Crippen LogP contribution is 2.23. The van der Waals surface area contributed by atoms with Gasteiger partial charge in [0.1, 0.15) is 5.82 Å². The minimum atomic E-state index is -0.619. The first-order valence-corrected chi connectivity index (χ1v) is 7.79. The van der Waals surface area contributed by atoms with Gasteiger partial charge in [-0.1, -0.05) is 29.3 Å². The van der Waals surface area contributed by atoms with E-state index < -0.39 is 6.10 Å². The van der Waals surface area contributed by atoms with E-state index in [0.717, 1.165) is 4.90 Å². The lowest BCUT2D eigenvalue weighted by atomic mass is 10.1. The van der Waals surface area contributed by atoms with Crippen LogP contribution in [0.1, 0.15) is 5.56 Å². The number of hydrogen-bond acceptors (Lipinski definition) is 2. The van der Waals surface area contributed by atoms with E-state index in [1.165, 1.54) is 17.8 Å². The van der Waals surface area contributed by atoms with Gasteiger partial charge in [0, 0.05) is 27.1 Å². The van der Waals surface area contributed by atoms with E-state index in [2.05, 4.69) is 0 Å². The van der Waals surface area contributed by atoms with Crippen molar-refractivity contribution in [2.45, 2.75) is 17.4 Å². The number of hydrogen-bond donors (Lipinski definition) is 1. The minimum Gasteiger partial charge on any atom is -0.392 e. The zero-order valence-electron chi connectivity index (χ0n) is 10.5. The molecular formula is C15H13Cl2FOS. The van der Waals surface area contributed by atoms with Gasteiger partial charge < -0.3 is 5.11 Å². The summed E-state index contributed by atoms with van der Waals surface area (Å²) in [5, 5.41) is 11.0. The molecule has 0 aliphatic heterocycles. The second kappa shape index (κ2) is 7.32. The molecule has 0 fully saturated rings. The first kappa shape index (κ1) is 15.6. The van der Waals surface area contributed by atoms with Gasteiger partial charge in [0.2, 0.25) is 0 Å². The van der Waals surface area contributed by atoms with E-state index in [4.69, 9.17) is 23.2 Å². The molecule has 0 aromatic heterocycles. The van der Waals surface area contributed by atoms with Crippen LogP contribution in [-0.4, -0.2) is 17.0 Å². The van der Waals surface area contributed by atoms with Gasteiger partial charge in [0.15, 0.2) is 0 Å². The van der Waals surface area contributed by atoms with Gasteiger partial charge in [-0.25, -0.2) is 4.39 Å². The lowest BCUT2D eigenvalue weighted by Gasteiger charge is -2.11. The van der Waals surface area contributed by atoms with E-state index in [9.17, 15) is 9.50 Å². The number of benzene rings is 2. The average molecular weight is 331 g/mol. The molecule has 0 aliphatic carbocycles. The van der Waals surface area contributed by atoms with Crippen molar-refractivity contribution < 1.29 is 9.50 Å². The molecule has 0 aliphatic rings. The van der Waals surface area contributed by atoms with Crippen LogP contribution in [-0.2, 0) is 6.42 Å². The van der Waals surface area contributed by atoms with Crippen LogP contribution in [0, 0.1) is 5.82 Å². The summed E-state index contributed by atoms with van der Waals surface area (Å²) in [6, 6.07) is 11.9. The van der Waals surface area contributed by atoms with Gasteiger partial charge in [-0.2, -0.15) is 0 Å². The third-order valence-corrected chi connectivity index (χ3v) is 4.37. The second-order valence-corrected chi connectivity index (χ2v) is 6.32. The van der Waals surface area contributed by atoms with Crippen molar-refractivity contribution >= 4 is 35.0 Å². The van der Waals surface area contributed by atoms with Crippen molar-refractivity contribution in [1.82, 2.24) is 0 Å². The molecule has 1 atom stereocenters. The van der Waals surface area contributed by atoms with Crippen LogP contribution < -0.4 is 0 Å². The Morgan fingerprint density at radius 3 is 2.35 bits per heavy atom. The molecule has 0 saturated carbocycles. The van der Waals surface area contributed by atoms with Crippen molar-refractivity contribution in [2.24, 2.45) is 0 Å². The summed E-state index contributed by atoms with van der Waals surface area (Å²) in [6.45, 7) is 0. The molecule has 20 heavy (non-hydrogen) atoms. The Hall–Kier alpha value is -0.740. The van der Waals surface area contributed by atoms with Crippen LogP contribution in [0.25, 0.3) is 0 Å². The molecule has 2 aromatic carbocycles. The summed E-state index contributed by atoms with van der Waals surface area (Å²) >= 11 is 13.0. The first-order valence-electron chi connectivity index (χ1n) is 6.05. The summed E-state index contributed by atoms with van der Waals surface area (Å²) in [7, 11) is 0. The average Bonchev–Trinajstić information content (AvgIpc) is 2.41. The third-order valence-electron chi connectivity index (χ3n) is 2.73. The zero-order chi connectivity index (χ0) is 14.5. The van der Waals surface area contributed by atoms with E-state index >= 15 is 0 Å². The maximum absolute atomic E-state index is 13.6. The van der Waals surface area contributed by atoms with Gasteiger partial charge in [-0.05, 0) is 42.0 Å². The van der Waals surface area contributed by atoms with E-state index in [-0.39, 0.29) is 12.2 Å². The Balaban J connectivity index is 1.89. The Labute approximate surface area is 131 Å². The van der Waals surface area contributed by atoms with E-state index in [0.29, 0.717) is 21.4 Å². The van der Waals surface area contributed by atoms with Crippen LogP contribution in [0.2, 0.25) is 10.0 Å². The van der Waals surface area contributed by atoms with Crippen LogP contribution in [0.3, 0.4) is 0 Å². The van der Waals surface area contributed by atoms with E-state index in [1.54, 1.807) is 24.3 Å². The van der Waals surface area contributed by atoms with Crippen LogP contribution in [0.5, 0.6) is 0 Å². The highest BCUT2D eigenvalue weighted by Gasteiger charge is 2.10. The van der Waals surface area contributed by atoms with Crippen molar-refractivity contribution in [3.63, 3.8) is 0 Å². The van der Waals surface area contributed by atoms with Gasteiger partial charge in [0.25, 0.3) is 0 Å². The predicted octanol–water partition coefficient (Wildman–Crippen LogP) is 4.83. The topological polar surface area (TPSA) is 20.2 Å². The molecular weight excluding hydrogens is 318 g/mol. The number of aliphatic hydroxyl groups excluding tert-OH is 1. The predicted molar refractivity (Wildman–Crippen MR) is 83.3 cm³/mol. The molecule has 1 nitrogen and oxygen atoms in total. The SMILES string of the molecule is OC(CSc1ccc(Cl)cc1)Cc1ccc(Cl)cc1F. The largest absolute Gasteiger partial charge is 0.392 e. The Morgan fingerprint density at radius 2 is 1.70 bits per heavy atom. The van der Waals surface area contributed by atoms with Gasteiger partial charge >= 0.3 is 0 Å². The fourth-order valence-corrected chi connectivity index (χ4v) is 2.84. The number of aliphatic hydroxyl groups is 1. The van der Waals surface area contributed by atoms with Gasteiger partial charge in [0.05, 0.1) is 6.10 Å². The summed E-state index contributed by atoms with van der Waals surface area (Å²) < 4.78 is 13.6. The first-order chi connectivity index (χ1) is 9.54. The molecule has 0 spiro atoms. The molecule has 1 N–H and O–H groups in total. The van der Waals surface area contributed by atoms with Crippen molar-refractivity contribution in [1.29, 1.82) is 0 Å². The molecule has 0 amide bonds. The molecule has 2 aromatic rings. The van der Waals surface area contributed by atoms with Crippen LogP contribution in [0.15, 0.2) is 47.4 Å². The molecule has 0 heterocycles. The lowest BCUT2D eigenvalue weighted by molar-refractivity contribution is 0.198. The van der Waals surface area contributed by atoms with Crippen molar-refractivity contribution in [3.05, 3.63) is 63.9 Å². The standard InChI is InChI=1S/C15H13Cl2FOS/c16-11-3-5-14(6-4-11)20-9-13(19)7-10-1-2-12(17)8-15(10)18/h1-6,8,13,19H,7,9H2. The maximum atomic E-state index is 13.6. The Morgan fingerprint density at radius 1 is 1.05 bits per heavy atom. The van der Waals surface area contributed by atoms with E-state index in [1.807, 2.05) is 12.1 Å². The molecule has 0 radical (unpaired) electrons. The summed E-state index contributed by atoms with van der Waals surface area (Å²) in [5.74, 6) is 0.108. The third kappa shape index (κ3) is 4.67. The molecule has 0 saturated heterocycles. The summed E-state index contributed by atoms with van der Waals surface area (Å²) in [4.78, 5) is 1.02. The highest BCUT2D eigenvalue weighted by molar-refractivity contribution is 7.99. The van der Waals surface area contributed by atoms with Crippen LogP contribution in [0.4, 0.5) is 4.39 Å². The van der Waals surface area contributed by atoms with Crippen LogP contribution >= 0.6 is 35.0 Å². The smallest absolute Gasteiger partial charge is 0.127 e. The van der Waals surface area contributed by atoms with Crippen molar-refractivity contribution in [2.75, 3.05) is 5.75 Å². The molecule has 106 valence electrons. The molecule has 0 bridgehead atoms. The van der Waals surface area contributed by atoms with Gasteiger partial charge in [-0.3, -0.25) is 0 Å². The minimum absolute atomic E-state index is 0.267. The zero-order valence-corrected chi connectivity index (χ0v) is 12.9. The Bertz CT molecular complexity index is 575.